The van der Waals surface area contributed by atoms with Crippen LogP contribution in [0.3, 0.4) is 0 Å². The molecule has 12 heteroatoms. The van der Waals surface area contributed by atoms with E-state index in [1.807, 2.05) is 0 Å². The molecule has 0 aromatic carbocycles. The van der Waals surface area contributed by atoms with Crippen LogP contribution in [-0.2, 0) is 19.2 Å². The van der Waals surface area contributed by atoms with Crippen LogP contribution in [0.2, 0.25) is 0 Å². The van der Waals surface area contributed by atoms with Crippen LogP contribution < -0.4 is 27.0 Å². The number of nitrogens with two attached hydrogens (primary N) is 1. The molecule has 4 unspecified atom stereocenters. The summed E-state index contributed by atoms with van der Waals surface area (Å²) in [6, 6.07) is -1.49. The fourth-order valence-electron chi connectivity index (χ4n) is 6.07. The van der Waals surface area contributed by atoms with Crippen molar-refractivity contribution >= 4 is 29.5 Å². The first kappa shape index (κ1) is 27.0. The van der Waals surface area contributed by atoms with Gasteiger partial charge in [0.15, 0.2) is 5.78 Å². The maximum Gasteiger partial charge on any atom is 0.315 e. The standard InChI is InChI=1S/C25H39N7O5/c1-13(33)21(24(36)28-18-10-11-19-20(12-18)30-25(37)29-19)32-31-17-8-4-15(5-9-17)23(35)27-16-6-2-14(3-7-16)22(26)34/h14-21H,2-12H2,1H3,(H2,26,34)(H,27,35)(H,28,36)(H2,29,30,37). The van der Waals surface area contributed by atoms with Gasteiger partial charge in [-0.3, -0.25) is 19.2 Å². The molecule has 204 valence electrons. The lowest BCUT2D eigenvalue weighted by molar-refractivity contribution is -0.130. The van der Waals surface area contributed by atoms with Crippen molar-refractivity contribution < 1.29 is 24.0 Å². The molecule has 0 spiro atoms. The Kier molecular flexibility index (Phi) is 8.75. The summed E-state index contributed by atoms with van der Waals surface area (Å²) < 4.78 is 0. The highest BCUT2D eigenvalue weighted by Gasteiger charge is 2.38. The number of fused-ring (bicyclic) bond motifs is 1. The minimum Gasteiger partial charge on any atom is -0.369 e. The van der Waals surface area contributed by atoms with Gasteiger partial charge in [0.2, 0.25) is 17.9 Å². The third kappa shape index (κ3) is 7.04. The molecule has 12 nitrogen and oxygen atoms in total. The van der Waals surface area contributed by atoms with E-state index >= 15 is 0 Å². The first-order chi connectivity index (χ1) is 17.7. The van der Waals surface area contributed by atoms with Crippen molar-refractivity contribution in [1.82, 2.24) is 21.3 Å². The van der Waals surface area contributed by atoms with Crippen LogP contribution in [-0.4, -0.2) is 65.8 Å². The molecule has 1 saturated heterocycles. The molecule has 0 bridgehead atoms. The highest BCUT2D eigenvalue weighted by molar-refractivity contribution is 6.04. The number of rotatable bonds is 8. The Balaban J connectivity index is 1.20. The second-order valence-corrected chi connectivity index (χ2v) is 11.1. The second-order valence-electron chi connectivity index (χ2n) is 11.1. The van der Waals surface area contributed by atoms with Crippen LogP contribution in [0.4, 0.5) is 4.79 Å². The van der Waals surface area contributed by atoms with Gasteiger partial charge in [-0.25, -0.2) is 4.79 Å². The highest BCUT2D eigenvalue weighted by Crippen LogP contribution is 2.29. The van der Waals surface area contributed by atoms with Crippen molar-refractivity contribution in [3.05, 3.63) is 0 Å². The predicted molar refractivity (Wildman–Crippen MR) is 133 cm³/mol. The number of nitrogens with zero attached hydrogens (tertiary/aromatic N) is 2. The summed E-state index contributed by atoms with van der Waals surface area (Å²) in [6.07, 6.45) is 7.73. The number of hydrogen-bond acceptors (Lipinski definition) is 7. The first-order valence-corrected chi connectivity index (χ1v) is 13.6. The maximum absolute atomic E-state index is 12.8. The second kappa shape index (κ2) is 12.0. The Bertz CT molecular complexity index is 924. The number of hydrogen-bond donors (Lipinski definition) is 5. The van der Waals surface area contributed by atoms with Crippen LogP contribution in [0.1, 0.15) is 77.6 Å². The molecule has 1 aliphatic heterocycles. The van der Waals surface area contributed by atoms with Gasteiger partial charge in [0, 0.05) is 23.9 Å². The van der Waals surface area contributed by atoms with Gasteiger partial charge < -0.3 is 27.0 Å². The Morgan fingerprint density at radius 2 is 1.46 bits per heavy atom. The summed E-state index contributed by atoms with van der Waals surface area (Å²) in [5, 5.41) is 20.2. The van der Waals surface area contributed by atoms with Crippen LogP contribution in [0, 0.1) is 11.8 Å². The van der Waals surface area contributed by atoms with E-state index in [1.54, 1.807) is 0 Å². The Morgan fingerprint density at radius 1 is 0.838 bits per heavy atom. The smallest absolute Gasteiger partial charge is 0.315 e. The lowest BCUT2D eigenvalue weighted by Gasteiger charge is -2.31. The van der Waals surface area contributed by atoms with Crippen molar-refractivity contribution in [2.45, 2.75) is 114 Å². The number of carbonyl (C=O) groups is 5. The summed E-state index contributed by atoms with van der Waals surface area (Å²) in [5.74, 6) is -1.22. The fraction of sp³-hybridized carbons (Fsp3) is 0.800. The average Bonchev–Trinajstić information content (AvgIpc) is 3.24. The number of carbonyl (C=O) groups excluding carboxylic acids is 5. The molecule has 5 amide bonds. The zero-order chi connectivity index (χ0) is 26.5. The number of nitrogens with one attached hydrogen (secondary N) is 4. The molecule has 4 rings (SSSR count). The van der Waals surface area contributed by atoms with Crippen molar-refractivity contribution in [1.29, 1.82) is 0 Å². The normalized spacial score (nSPS) is 34.5. The number of amides is 5. The number of Topliss-reactive ketones (excluding diaryl/α,β-unsaturated/α-hetero) is 1. The van der Waals surface area contributed by atoms with Gasteiger partial charge in [0.25, 0.3) is 5.91 Å². The summed E-state index contributed by atoms with van der Waals surface area (Å²) in [5.41, 5.74) is 5.38. The molecular formula is C25H39N7O5. The molecule has 4 fully saturated rings. The molecule has 0 aromatic rings. The van der Waals surface area contributed by atoms with Gasteiger partial charge in [-0.1, -0.05) is 0 Å². The topological polar surface area (TPSA) is 184 Å². The van der Waals surface area contributed by atoms with E-state index in [0.29, 0.717) is 44.9 Å². The van der Waals surface area contributed by atoms with Gasteiger partial charge in [-0.15, -0.1) is 0 Å². The van der Waals surface area contributed by atoms with E-state index in [-0.39, 0.29) is 65.7 Å². The minimum atomic E-state index is -1.19. The molecule has 37 heavy (non-hydrogen) atoms. The van der Waals surface area contributed by atoms with Crippen LogP contribution in [0.25, 0.3) is 0 Å². The van der Waals surface area contributed by atoms with E-state index in [1.165, 1.54) is 6.92 Å². The van der Waals surface area contributed by atoms with Crippen LogP contribution in [0.5, 0.6) is 0 Å². The number of azo groups is 1. The number of primary amides is 1. The number of urea groups is 1. The van der Waals surface area contributed by atoms with Gasteiger partial charge in [-0.05, 0) is 77.6 Å². The maximum atomic E-state index is 12.8. The Labute approximate surface area is 216 Å². The minimum absolute atomic E-state index is 0.0264. The quantitative estimate of drug-likeness (QED) is 0.235. The Morgan fingerprint density at radius 3 is 2.11 bits per heavy atom. The van der Waals surface area contributed by atoms with Crippen molar-refractivity contribution in [3.8, 4) is 0 Å². The van der Waals surface area contributed by atoms with E-state index in [9.17, 15) is 24.0 Å². The molecular weight excluding hydrogens is 478 g/mol. The summed E-state index contributed by atoms with van der Waals surface area (Å²) in [6.45, 7) is 1.33. The highest BCUT2D eigenvalue weighted by atomic mass is 16.2. The SMILES string of the molecule is CC(=O)C(N=NC1CCC(C(=O)NC2CCC(C(N)=O)CC2)CC1)C(=O)NC1CCC2NC(=O)NC2C1. The third-order valence-electron chi connectivity index (χ3n) is 8.35. The molecule has 4 aliphatic rings. The zero-order valence-electron chi connectivity index (χ0n) is 21.4. The Hall–Kier alpha value is -3.05. The monoisotopic (exact) mass is 517 g/mol. The van der Waals surface area contributed by atoms with E-state index in [0.717, 1.165) is 25.7 Å². The lowest BCUT2D eigenvalue weighted by Crippen LogP contribution is -2.50. The van der Waals surface area contributed by atoms with Gasteiger partial charge in [0.1, 0.15) is 0 Å². The van der Waals surface area contributed by atoms with E-state index < -0.39 is 11.9 Å². The summed E-state index contributed by atoms with van der Waals surface area (Å²) >= 11 is 0. The molecule has 0 radical (unpaired) electrons. The predicted octanol–water partition coefficient (Wildman–Crippen LogP) is 0.834. The van der Waals surface area contributed by atoms with Gasteiger partial charge in [0.05, 0.1) is 18.1 Å². The van der Waals surface area contributed by atoms with Crippen LogP contribution >= 0.6 is 0 Å². The van der Waals surface area contributed by atoms with E-state index in [4.69, 9.17) is 5.73 Å². The first-order valence-electron chi connectivity index (χ1n) is 13.6. The molecule has 6 N–H and O–H groups in total. The summed E-state index contributed by atoms with van der Waals surface area (Å²) in [4.78, 5) is 60.5. The van der Waals surface area contributed by atoms with Gasteiger partial charge >= 0.3 is 6.03 Å². The molecule has 1 heterocycles. The third-order valence-corrected chi connectivity index (χ3v) is 8.35. The largest absolute Gasteiger partial charge is 0.369 e. The molecule has 3 aliphatic carbocycles. The lowest BCUT2D eigenvalue weighted by atomic mass is 9.83. The van der Waals surface area contributed by atoms with Crippen molar-refractivity contribution in [2.24, 2.45) is 27.8 Å². The molecule has 4 atom stereocenters. The van der Waals surface area contributed by atoms with Crippen LogP contribution in [0.15, 0.2) is 10.2 Å². The number of ketones is 1. The molecule has 3 saturated carbocycles. The van der Waals surface area contributed by atoms with Crippen molar-refractivity contribution in [3.63, 3.8) is 0 Å². The molecule has 0 aromatic heterocycles. The van der Waals surface area contributed by atoms with E-state index in [2.05, 4.69) is 31.5 Å². The van der Waals surface area contributed by atoms with Gasteiger partial charge in [-0.2, -0.15) is 10.2 Å². The van der Waals surface area contributed by atoms with Crippen molar-refractivity contribution in [2.75, 3.05) is 0 Å². The fourth-order valence-corrected chi connectivity index (χ4v) is 6.07. The average molecular weight is 518 g/mol. The summed E-state index contributed by atoms with van der Waals surface area (Å²) in [7, 11) is 0. The zero-order valence-corrected chi connectivity index (χ0v) is 21.4.